The molecule has 4 unspecified atom stereocenters. The second kappa shape index (κ2) is 19.2. The molecule has 0 spiro atoms. The lowest BCUT2D eigenvalue weighted by Gasteiger charge is -2.58. The Morgan fingerprint density at radius 3 is 2.21 bits per heavy atom. The molecular formula is C46H76O2. The summed E-state index contributed by atoms with van der Waals surface area (Å²) in [5, 5.41) is 0. The van der Waals surface area contributed by atoms with Crippen molar-refractivity contribution in [2.24, 2.45) is 52.3 Å². The van der Waals surface area contributed by atoms with E-state index in [9.17, 15) is 4.79 Å². The van der Waals surface area contributed by atoms with Crippen LogP contribution in [0, 0.1) is 52.3 Å². The minimum absolute atomic E-state index is 0.0534. The van der Waals surface area contributed by atoms with Crippen molar-refractivity contribution >= 4 is 5.97 Å². The second-order valence-corrected chi connectivity index (χ2v) is 17.7. The molecule has 2 nitrogen and oxygen atoms in total. The average molecular weight is 661 g/mol. The lowest BCUT2D eigenvalue weighted by Crippen LogP contribution is -2.50. The smallest absolute Gasteiger partial charge is 0.306 e. The molecule has 4 aliphatic rings. The Kier molecular flexibility index (Phi) is 15.6. The standard InChI is InChI=1S/C46H76O2/c1-8-9-10-11-12-13-14-15-16-17-18-19-20-21-22-23-44(47)48-39-30-32-45(6)38(34-39)26-27-40-42-29-28-41(46(42,7)33-31-43(40)45)37(5)25-24-36(4)35(2)3/h12-13,15-16,24-25,27,35-39,41-43H,8-11,14,17-23,26,28-34H2,1-7H3/t36-,37+,38?,39?,41+,42?,43?,45-,46+/m0/s1. The van der Waals surface area contributed by atoms with Crippen molar-refractivity contribution < 1.29 is 9.53 Å². The van der Waals surface area contributed by atoms with E-state index >= 15 is 0 Å². The summed E-state index contributed by atoms with van der Waals surface area (Å²) in [4.78, 5) is 12.8. The van der Waals surface area contributed by atoms with Crippen LogP contribution < -0.4 is 0 Å². The third-order valence-electron chi connectivity index (χ3n) is 14.1. The van der Waals surface area contributed by atoms with Crippen LogP contribution in [0.5, 0.6) is 0 Å². The van der Waals surface area contributed by atoms with Crippen molar-refractivity contribution in [3.05, 3.63) is 48.1 Å². The molecule has 0 aromatic carbocycles. The summed E-state index contributed by atoms with van der Waals surface area (Å²) in [5.74, 6) is 5.07. The molecule has 9 atom stereocenters. The predicted molar refractivity (Wildman–Crippen MR) is 207 cm³/mol. The Bertz CT molecular complexity index is 1090. The molecular weight excluding hydrogens is 585 g/mol. The minimum atomic E-state index is 0.0534. The monoisotopic (exact) mass is 661 g/mol. The summed E-state index contributed by atoms with van der Waals surface area (Å²) in [6.07, 6.45) is 41.2. The van der Waals surface area contributed by atoms with E-state index in [0.29, 0.717) is 40.9 Å². The van der Waals surface area contributed by atoms with Crippen molar-refractivity contribution in [1.82, 2.24) is 0 Å². The van der Waals surface area contributed by atoms with Crippen LogP contribution in [-0.4, -0.2) is 12.1 Å². The van der Waals surface area contributed by atoms with E-state index in [-0.39, 0.29) is 12.1 Å². The zero-order chi connectivity index (χ0) is 34.6. The highest BCUT2D eigenvalue weighted by atomic mass is 16.5. The predicted octanol–water partition coefficient (Wildman–Crippen LogP) is 13.8. The largest absolute Gasteiger partial charge is 0.462 e. The normalized spacial score (nSPS) is 33.2. The molecule has 0 heterocycles. The molecule has 0 aromatic heterocycles. The Balaban J connectivity index is 1.15. The third-order valence-corrected chi connectivity index (χ3v) is 14.1. The molecule has 272 valence electrons. The fourth-order valence-electron chi connectivity index (χ4n) is 10.5. The fourth-order valence-corrected chi connectivity index (χ4v) is 10.5. The van der Waals surface area contributed by atoms with Gasteiger partial charge in [-0.15, -0.1) is 0 Å². The van der Waals surface area contributed by atoms with Gasteiger partial charge in [-0.2, -0.15) is 0 Å². The zero-order valence-corrected chi connectivity index (χ0v) is 32.6. The minimum Gasteiger partial charge on any atom is -0.462 e. The molecule has 0 radical (unpaired) electrons. The lowest BCUT2D eigenvalue weighted by molar-refractivity contribution is -0.155. The molecule has 3 saturated carbocycles. The number of allylic oxidation sites excluding steroid dienone is 8. The SMILES string of the molecule is CCCCCC=CCC=CCCCCCCCC(=O)OC1CC[C@@]2(C)C(CC=C3C2CC[C@@]2(C)C3CC[C@@H]2[C@H](C)C=C[C@H](C)C(C)C)C1. The first kappa shape index (κ1) is 39.2. The van der Waals surface area contributed by atoms with E-state index in [0.717, 1.165) is 49.9 Å². The highest BCUT2D eigenvalue weighted by Gasteiger charge is 2.58. The van der Waals surface area contributed by atoms with E-state index in [1.165, 1.54) is 89.9 Å². The first-order chi connectivity index (χ1) is 23.1. The second-order valence-electron chi connectivity index (χ2n) is 17.7. The van der Waals surface area contributed by atoms with Gasteiger partial charge in [0, 0.05) is 6.42 Å². The molecule has 0 bridgehead atoms. The van der Waals surface area contributed by atoms with Crippen LogP contribution in [0.4, 0.5) is 0 Å². The van der Waals surface area contributed by atoms with Crippen LogP contribution in [0.2, 0.25) is 0 Å². The molecule has 4 rings (SSSR count). The topological polar surface area (TPSA) is 26.3 Å². The van der Waals surface area contributed by atoms with Gasteiger partial charge < -0.3 is 4.74 Å². The quantitative estimate of drug-likeness (QED) is 0.0783. The molecule has 0 aromatic rings. The molecule has 3 fully saturated rings. The van der Waals surface area contributed by atoms with Gasteiger partial charge in [-0.05, 0) is 142 Å². The summed E-state index contributed by atoms with van der Waals surface area (Å²) >= 11 is 0. The highest BCUT2D eigenvalue weighted by Crippen LogP contribution is 2.67. The molecule has 0 saturated heterocycles. The van der Waals surface area contributed by atoms with E-state index in [1.54, 1.807) is 0 Å². The zero-order valence-electron chi connectivity index (χ0n) is 32.6. The van der Waals surface area contributed by atoms with Gasteiger partial charge in [-0.25, -0.2) is 0 Å². The molecule has 4 aliphatic carbocycles. The maximum Gasteiger partial charge on any atom is 0.306 e. The van der Waals surface area contributed by atoms with E-state index in [4.69, 9.17) is 4.74 Å². The Morgan fingerprint density at radius 2 is 1.48 bits per heavy atom. The number of rotatable bonds is 19. The number of esters is 1. The van der Waals surface area contributed by atoms with Crippen LogP contribution in [0.1, 0.15) is 177 Å². The van der Waals surface area contributed by atoms with Gasteiger partial charge in [-0.3, -0.25) is 4.79 Å². The van der Waals surface area contributed by atoms with Crippen LogP contribution in [0.25, 0.3) is 0 Å². The number of carbonyl (C=O) groups is 1. The third kappa shape index (κ3) is 10.2. The van der Waals surface area contributed by atoms with Gasteiger partial charge in [0.25, 0.3) is 0 Å². The maximum absolute atomic E-state index is 12.8. The van der Waals surface area contributed by atoms with Crippen molar-refractivity contribution in [3.63, 3.8) is 0 Å². The molecule has 2 heteroatoms. The van der Waals surface area contributed by atoms with Crippen LogP contribution in [-0.2, 0) is 9.53 Å². The van der Waals surface area contributed by atoms with Crippen LogP contribution >= 0.6 is 0 Å². The maximum atomic E-state index is 12.8. The first-order valence-electron chi connectivity index (χ1n) is 21.0. The number of hydrogen-bond acceptors (Lipinski definition) is 2. The van der Waals surface area contributed by atoms with Crippen LogP contribution in [0.15, 0.2) is 48.1 Å². The van der Waals surface area contributed by atoms with Gasteiger partial charge >= 0.3 is 5.97 Å². The highest BCUT2D eigenvalue weighted by molar-refractivity contribution is 5.69. The van der Waals surface area contributed by atoms with Gasteiger partial charge in [0.15, 0.2) is 0 Å². The van der Waals surface area contributed by atoms with E-state index < -0.39 is 0 Å². The number of fused-ring (bicyclic) bond motifs is 5. The lowest BCUT2D eigenvalue weighted by atomic mass is 9.47. The first-order valence-corrected chi connectivity index (χ1v) is 21.0. The van der Waals surface area contributed by atoms with E-state index in [1.807, 2.05) is 5.57 Å². The van der Waals surface area contributed by atoms with Crippen molar-refractivity contribution in [2.75, 3.05) is 0 Å². The number of hydrogen-bond donors (Lipinski definition) is 0. The Morgan fingerprint density at radius 1 is 0.812 bits per heavy atom. The average Bonchev–Trinajstić information content (AvgIpc) is 3.42. The number of ether oxygens (including phenoxy) is 1. The van der Waals surface area contributed by atoms with Gasteiger partial charge in [0.1, 0.15) is 6.10 Å². The number of carbonyl (C=O) groups excluding carboxylic acids is 1. The fraction of sp³-hybridized carbons (Fsp3) is 0.804. The number of unbranched alkanes of at least 4 members (excludes halogenated alkanes) is 8. The summed E-state index contributed by atoms with van der Waals surface area (Å²) in [5.41, 5.74) is 2.67. The van der Waals surface area contributed by atoms with Crippen molar-refractivity contribution in [2.45, 2.75) is 183 Å². The Labute approximate surface area is 298 Å². The molecule has 0 amide bonds. The molecule has 0 N–H and O–H groups in total. The molecule has 0 aliphatic heterocycles. The van der Waals surface area contributed by atoms with Gasteiger partial charge in [0.2, 0.25) is 0 Å². The summed E-state index contributed by atoms with van der Waals surface area (Å²) < 4.78 is 6.14. The van der Waals surface area contributed by atoms with Gasteiger partial charge in [-0.1, -0.05) is 129 Å². The van der Waals surface area contributed by atoms with Crippen molar-refractivity contribution in [3.8, 4) is 0 Å². The van der Waals surface area contributed by atoms with E-state index in [2.05, 4.69) is 91.0 Å². The summed E-state index contributed by atoms with van der Waals surface area (Å²) in [7, 11) is 0. The Hall–Kier alpha value is -1.57. The molecule has 48 heavy (non-hydrogen) atoms. The summed E-state index contributed by atoms with van der Waals surface area (Å²) in [6.45, 7) is 17.1. The summed E-state index contributed by atoms with van der Waals surface area (Å²) in [6, 6.07) is 0. The van der Waals surface area contributed by atoms with Crippen molar-refractivity contribution in [1.29, 1.82) is 0 Å². The van der Waals surface area contributed by atoms with Gasteiger partial charge in [0.05, 0.1) is 0 Å². The van der Waals surface area contributed by atoms with Crippen LogP contribution in [0.3, 0.4) is 0 Å².